The Labute approximate surface area is 200 Å². The van der Waals surface area contributed by atoms with E-state index in [0.717, 1.165) is 30.5 Å². The summed E-state index contributed by atoms with van der Waals surface area (Å²) >= 11 is 0. The van der Waals surface area contributed by atoms with Crippen molar-refractivity contribution < 1.29 is 14.7 Å². The van der Waals surface area contributed by atoms with Crippen LogP contribution >= 0.6 is 0 Å². The van der Waals surface area contributed by atoms with Crippen LogP contribution in [0, 0.1) is 12.8 Å². The highest BCUT2D eigenvalue weighted by Crippen LogP contribution is 2.27. The van der Waals surface area contributed by atoms with Crippen LogP contribution in [-0.2, 0) is 13.0 Å². The van der Waals surface area contributed by atoms with E-state index in [4.69, 9.17) is 0 Å². The third-order valence-electron chi connectivity index (χ3n) is 6.23. The highest BCUT2D eigenvalue weighted by Gasteiger charge is 2.24. The number of nitrogens with zero attached hydrogens (tertiary/aromatic N) is 2. The lowest BCUT2D eigenvalue weighted by Gasteiger charge is -2.14. The minimum atomic E-state index is -1.04. The lowest BCUT2D eigenvalue weighted by Crippen LogP contribution is -2.30. The number of hydrogen-bond acceptors (Lipinski definition) is 3. The second kappa shape index (κ2) is 11.1. The molecule has 180 valence electrons. The molecular formula is C28H34N2O4. The smallest absolute Gasteiger partial charge is 0.336 e. The van der Waals surface area contributed by atoms with Crippen molar-refractivity contribution in [2.24, 2.45) is 5.92 Å². The molecule has 0 aliphatic heterocycles. The van der Waals surface area contributed by atoms with Crippen molar-refractivity contribution in [1.29, 1.82) is 0 Å². The number of benzene rings is 2. The Morgan fingerprint density at radius 2 is 1.74 bits per heavy atom. The summed E-state index contributed by atoms with van der Waals surface area (Å²) in [7, 11) is 0. The van der Waals surface area contributed by atoms with Gasteiger partial charge in [-0.3, -0.25) is 9.36 Å². The van der Waals surface area contributed by atoms with Crippen molar-refractivity contribution >= 4 is 11.9 Å². The van der Waals surface area contributed by atoms with Gasteiger partial charge < -0.3 is 5.11 Å². The van der Waals surface area contributed by atoms with Gasteiger partial charge in [0.2, 0.25) is 5.91 Å². The predicted octanol–water partition coefficient (Wildman–Crippen LogP) is 5.79. The van der Waals surface area contributed by atoms with Crippen LogP contribution in [0.3, 0.4) is 0 Å². The summed E-state index contributed by atoms with van der Waals surface area (Å²) in [4.78, 5) is 38.7. The van der Waals surface area contributed by atoms with E-state index in [1.54, 1.807) is 16.7 Å². The molecule has 6 nitrogen and oxygen atoms in total. The first-order valence-corrected chi connectivity index (χ1v) is 12.0. The van der Waals surface area contributed by atoms with Crippen molar-refractivity contribution in [2.75, 3.05) is 0 Å². The molecule has 0 saturated heterocycles. The average Bonchev–Trinajstić information content (AvgIpc) is 3.05. The van der Waals surface area contributed by atoms with Gasteiger partial charge in [-0.1, -0.05) is 75.7 Å². The molecular weight excluding hydrogens is 428 g/mol. The van der Waals surface area contributed by atoms with Gasteiger partial charge in [0.05, 0.1) is 12.1 Å². The summed E-state index contributed by atoms with van der Waals surface area (Å²) in [6.45, 7) is 8.16. The standard InChI is InChI=1S/C28H34N2O4/c1-5-6-15-25(31)30-20(4)24(17-16-19(2)3)29(28(30)34)18-22-13-10-14-23(26(22)27(32)33)21-11-8-7-9-12-21/h7-14,19H,5-6,15-18H2,1-4H3,(H,32,33). The van der Waals surface area contributed by atoms with Crippen molar-refractivity contribution in [3.05, 3.63) is 81.5 Å². The Morgan fingerprint density at radius 1 is 1.03 bits per heavy atom. The lowest BCUT2D eigenvalue weighted by molar-refractivity contribution is 0.0696. The van der Waals surface area contributed by atoms with Crippen molar-refractivity contribution in [2.45, 2.75) is 66.3 Å². The highest BCUT2D eigenvalue weighted by molar-refractivity contribution is 5.97. The fourth-order valence-corrected chi connectivity index (χ4v) is 4.35. The average molecular weight is 463 g/mol. The highest BCUT2D eigenvalue weighted by atomic mass is 16.4. The summed E-state index contributed by atoms with van der Waals surface area (Å²) < 4.78 is 2.88. The molecule has 6 heteroatoms. The zero-order chi connectivity index (χ0) is 24.8. The second-order valence-electron chi connectivity index (χ2n) is 9.18. The van der Waals surface area contributed by atoms with Gasteiger partial charge >= 0.3 is 11.7 Å². The number of imidazole rings is 1. The normalized spacial score (nSPS) is 11.2. The van der Waals surface area contributed by atoms with Gasteiger partial charge in [0, 0.05) is 17.8 Å². The summed E-state index contributed by atoms with van der Waals surface area (Å²) in [5.41, 5.74) is 3.19. The van der Waals surface area contributed by atoms with Crippen LogP contribution in [0.5, 0.6) is 0 Å². The number of aromatic nitrogens is 2. The van der Waals surface area contributed by atoms with Crippen LogP contribution in [0.2, 0.25) is 0 Å². The number of rotatable bonds is 10. The van der Waals surface area contributed by atoms with E-state index < -0.39 is 5.97 Å². The molecule has 1 N–H and O–H groups in total. The molecule has 0 atom stereocenters. The maximum Gasteiger partial charge on any atom is 0.336 e. The minimum absolute atomic E-state index is 0.101. The quantitative estimate of drug-likeness (QED) is 0.413. The topological polar surface area (TPSA) is 81.3 Å². The molecule has 0 saturated carbocycles. The number of carbonyl (C=O) groups is 2. The second-order valence-corrected chi connectivity index (χ2v) is 9.18. The van der Waals surface area contributed by atoms with Crippen LogP contribution in [0.25, 0.3) is 11.1 Å². The number of carboxylic acids is 1. The predicted molar refractivity (Wildman–Crippen MR) is 135 cm³/mol. The fraction of sp³-hybridized carbons (Fsp3) is 0.393. The van der Waals surface area contributed by atoms with E-state index in [2.05, 4.69) is 13.8 Å². The zero-order valence-electron chi connectivity index (χ0n) is 20.5. The molecule has 1 aromatic heterocycles. The molecule has 0 fully saturated rings. The van der Waals surface area contributed by atoms with E-state index in [9.17, 15) is 19.5 Å². The molecule has 0 radical (unpaired) electrons. The molecule has 0 aliphatic carbocycles. The van der Waals surface area contributed by atoms with Gasteiger partial charge in [-0.05, 0) is 48.8 Å². The third kappa shape index (κ3) is 5.38. The maximum absolute atomic E-state index is 13.5. The molecule has 2 aromatic carbocycles. The molecule has 0 unspecified atom stereocenters. The van der Waals surface area contributed by atoms with Crippen LogP contribution in [-0.4, -0.2) is 26.1 Å². The van der Waals surface area contributed by atoms with Crippen LogP contribution in [0.1, 0.15) is 78.6 Å². The minimum Gasteiger partial charge on any atom is -0.478 e. The molecule has 3 rings (SSSR count). The number of unbranched alkanes of at least 4 members (excludes halogenated alkanes) is 1. The first-order chi connectivity index (χ1) is 16.3. The third-order valence-corrected chi connectivity index (χ3v) is 6.23. The first-order valence-electron chi connectivity index (χ1n) is 12.0. The van der Waals surface area contributed by atoms with Crippen molar-refractivity contribution in [3.63, 3.8) is 0 Å². The van der Waals surface area contributed by atoms with Gasteiger partial charge in [0.15, 0.2) is 0 Å². The molecule has 0 bridgehead atoms. The molecule has 0 amide bonds. The summed E-state index contributed by atoms with van der Waals surface area (Å²) in [6, 6.07) is 14.7. The summed E-state index contributed by atoms with van der Waals surface area (Å²) in [6.07, 6.45) is 3.42. The summed E-state index contributed by atoms with van der Waals surface area (Å²) in [5, 5.41) is 10.1. The van der Waals surface area contributed by atoms with Crippen LogP contribution in [0.4, 0.5) is 0 Å². The van der Waals surface area contributed by atoms with Crippen molar-refractivity contribution in [3.8, 4) is 11.1 Å². The maximum atomic E-state index is 13.5. The Hall–Kier alpha value is -3.41. The van der Waals surface area contributed by atoms with Crippen molar-refractivity contribution in [1.82, 2.24) is 9.13 Å². The Bertz CT molecular complexity index is 1220. The van der Waals surface area contributed by atoms with Crippen LogP contribution < -0.4 is 5.69 Å². The Kier molecular flexibility index (Phi) is 8.26. The van der Waals surface area contributed by atoms with Crippen LogP contribution in [0.15, 0.2) is 53.3 Å². The lowest BCUT2D eigenvalue weighted by atomic mass is 9.95. The largest absolute Gasteiger partial charge is 0.478 e. The molecule has 3 aromatic rings. The summed E-state index contributed by atoms with van der Waals surface area (Å²) in [5.74, 6) is -0.815. The zero-order valence-corrected chi connectivity index (χ0v) is 20.5. The monoisotopic (exact) mass is 462 g/mol. The molecule has 1 heterocycles. The SMILES string of the molecule is CCCCC(=O)n1c(C)c(CCC(C)C)n(Cc2cccc(-c3ccccc3)c2C(=O)O)c1=O. The Balaban J connectivity index is 2.14. The first kappa shape index (κ1) is 25.2. The number of carboxylic acid groups (broad SMARTS) is 1. The Morgan fingerprint density at radius 3 is 2.35 bits per heavy atom. The van der Waals surface area contributed by atoms with E-state index in [1.165, 1.54) is 4.57 Å². The number of carbonyl (C=O) groups excluding carboxylic acids is 1. The fourth-order valence-electron chi connectivity index (χ4n) is 4.35. The van der Waals surface area contributed by atoms with E-state index in [0.29, 0.717) is 35.6 Å². The van der Waals surface area contributed by atoms with Gasteiger partial charge in [0.1, 0.15) is 0 Å². The van der Waals surface area contributed by atoms with E-state index >= 15 is 0 Å². The molecule has 0 aliphatic rings. The van der Waals surface area contributed by atoms with Gasteiger partial charge in [-0.2, -0.15) is 0 Å². The van der Waals surface area contributed by atoms with Gasteiger partial charge in [0.25, 0.3) is 0 Å². The van der Waals surface area contributed by atoms with Gasteiger partial charge in [-0.25, -0.2) is 14.2 Å². The number of hydrogen-bond donors (Lipinski definition) is 1. The molecule has 34 heavy (non-hydrogen) atoms. The van der Waals surface area contributed by atoms with E-state index in [-0.39, 0.29) is 23.7 Å². The van der Waals surface area contributed by atoms with E-state index in [1.807, 2.05) is 50.2 Å². The van der Waals surface area contributed by atoms with Gasteiger partial charge in [-0.15, -0.1) is 0 Å². The molecule has 0 spiro atoms. The number of aromatic carboxylic acids is 1.